The van der Waals surface area contributed by atoms with Gasteiger partial charge in [0.15, 0.2) is 0 Å². The molecule has 0 saturated heterocycles. The molecule has 2 amide bonds. The van der Waals surface area contributed by atoms with Gasteiger partial charge in [0, 0.05) is 38.2 Å². The highest BCUT2D eigenvalue weighted by Crippen LogP contribution is 2.23. The summed E-state index contributed by atoms with van der Waals surface area (Å²) in [5.41, 5.74) is 2.47. The predicted octanol–water partition coefficient (Wildman–Crippen LogP) is 3.44. The van der Waals surface area contributed by atoms with Crippen LogP contribution in [0.4, 0.5) is 0 Å². The first-order valence-corrected chi connectivity index (χ1v) is 8.65. The first-order valence-electron chi connectivity index (χ1n) is 8.27. The lowest BCUT2D eigenvalue weighted by Gasteiger charge is -2.28. The number of carbonyl (C=O) groups is 2. The number of hydrogen-bond donors (Lipinski definition) is 1. The minimum absolute atomic E-state index is 0.0877. The van der Waals surface area contributed by atoms with Crippen molar-refractivity contribution < 1.29 is 14.3 Å². The van der Waals surface area contributed by atoms with Crippen molar-refractivity contribution >= 4 is 23.4 Å². The smallest absolute Gasteiger partial charge is 0.254 e. The van der Waals surface area contributed by atoms with Crippen LogP contribution in [0.2, 0.25) is 5.02 Å². The minimum Gasteiger partial charge on any atom is -0.382 e. The number of amides is 2. The zero-order valence-corrected chi connectivity index (χ0v) is 15.9. The van der Waals surface area contributed by atoms with Gasteiger partial charge < -0.3 is 15.0 Å². The number of methoxy groups -OCH3 is 1. The number of carbonyl (C=O) groups excluding carboxylic acids is 2. The van der Waals surface area contributed by atoms with Gasteiger partial charge in [0.1, 0.15) is 0 Å². The van der Waals surface area contributed by atoms with E-state index < -0.39 is 0 Å². The van der Waals surface area contributed by atoms with E-state index in [1.807, 2.05) is 24.3 Å². The molecule has 6 heteroatoms. The van der Waals surface area contributed by atoms with Crippen LogP contribution < -0.4 is 5.32 Å². The minimum atomic E-state index is -0.219. The van der Waals surface area contributed by atoms with Crippen molar-refractivity contribution in [2.24, 2.45) is 0 Å². The van der Waals surface area contributed by atoms with Crippen LogP contribution in [-0.4, -0.2) is 37.5 Å². The van der Waals surface area contributed by atoms with Crippen molar-refractivity contribution in [3.05, 3.63) is 70.2 Å². The number of hydrogen-bond acceptors (Lipinski definition) is 3. The third-order valence-electron chi connectivity index (χ3n) is 4.11. The molecule has 0 unspecified atom stereocenters. The Bertz CT molecular complexity index is 745. The topological polar surface area (TPSA) is 58.6 Å². The Hall–Kier alpha value is -2.37. The van der Waals surface area contributed by atoms with Gasteiger partial charge in [-0.25, -0.2) is 0 Å². The summed E-state index contributed by atoms with van der Waals surface area (Å²) < 4.78 is 5.30. The maximum Gasteiger partial charge on any atom is 0.254 e. The average Bonchev–Trinajstić information content (AvgIpc) is 2.64. The molecular formula is C20H23ClN2O3. The van der Waals surface area contributed by atoms with Crippen LogP contribution in [0.25, 0.3) is 0 Å². The Morgan fingerprint density at radius 1 is 1.12 bits per heavy atom. The van der Waals surface area contributed by atoms with E-state index in [1.54, 1.807) is 43.3 Å². The predicted molar refractivity (Wildman–Crippen MR) is 102 cm³/mol. The number of likely N-dealkylation sites (N-methyl/N-ethyl adjacent to an activating group) is 1. The molecule has 2 rings (SSSR count). The molecule has 0 heterocycles. The SMILES string of the molecule is COC[C@@H](c1ccc(Cl)cc1)N(C)C(=O)c1ccc(CNC(C)=O)cc1. The Kier molecular flexibility index (Phi) is 7.18. The van der Waals surface area contributed by atoms with E-state index in [9.17, 15) is 9.59 Å². The maximum absolute atomic E-state index is 12.9. The molecule has 0 fully saturated rings. The molecule has 5 nitrogen and oxygen atoms in total. The number of ether oxygens (including phenoxy) is 1. The van der Waals surface area contributed by atoms with Crippen molar-refractivity contribution in [1.29, 1.82) is 0 Å². The first-order chi connectivity index (χ1) is 12.4. The zero-order valence-electron chi connectivity index (χ0n) is 15.2. The lowest BCUT2D eigenvalue weighted by Crippen LogP contribution is -2.33. The van der Waals surface area contributed by atoms with Crippen LogP contribution in [0, 0.1) is 0 Å². The average molecular weight is 375 g/mol. The summed E-state index contributed by atoms with van der Waals surface area (Å²) in [7, 11) is 3.36. The van der Waals surface area contributed by atoms with Crippen molar-refractivity contribution in [2.75, 3.05) is 20.8 Å². The summed E-state index contributed by atoms with van der Waals surface area (Å²) in [5, 5.41) is 3.38. The molecule has 1 atom stereocenters. The lowest BCUT2D eigenvalue weighted by molar-refractivity contribution is -0.119. The first kappa shape index (κ1) is 19.9. The summed E-state index contributed by atoms with van der Waals surface area (Å²) in [5.74, 6) is -0.191. The zero-order chi connectivity index (χ0) is 19.1. The second-order valence-corrected chi connectivity index (χ2v) is 6.48. The maximum atomic E-state index is 12.9. The molecule has 2 aromatic carbocycles. The summed E-state index contributed by atoms with van der Waals surface area (Å²) in [6, 6.07) is 14.4. The second kappa shape index (κ2) is 9.36. The summed E-state index contributed by atoms with van der Waals surface area (Å²) in [6.45, 7) is 2.29. The van der Waals surface area contributed by atoms with Crippen LogP contribution in [0.5, 0.6) is 0 Å². The molecular weight excluding hydrogens is 352 g/mol. The van der Waals surface area contributed by atoms with Gasteiger partial charge in [-0.3, -0.25) is 9.59 Å². The third kappa shape index (κ3) is 5.31. The fourth-order valence-electron chi connectivity index (χ4n) is 2.61. The van der Waals surface area contributed by atoms with E-state index >= 15 is 0 Å². The normalized spacial score (nSPS) is 11.7. The fourth-order valence-corrected chi connectivity index (χ4v) is 2.74. The number of benzene rings is 2. The highest BCUT2D eigenvalue weighted by atomic mass is 35.5. The van der Waals surface area contributed by atoms with Gasteiger partial charge in [-0.15, -0.1) is 0 Å². The van der Waals surface area contributed by atoms with Crippen molar-refractivity contribution in [3.63, 3.8) is 0 Å². The molecule has 0 radical (unpaired) electrons. The molecule has 26 heavy (non-hydrogen) atoms. The Labute approximate surface area is 158 Å². The van der Waals surface area contributed by atoms with Crippen LogP contribution in [-0.2, 0) is 16.1 Å². The Balaban J connectivity index is 2.14. The monoisotopic (exact) mass is 374 g/mol. The highest BCUT2D eigenvalue weighted by Gasteiger charge is 2.22. The second-order valence-electron chi connectivity index (χ2n) is 6.05. The van der Waals surface area contributed by atoms with E-state index in [1.165, 1.54) is 6.92 Å². The van der Waals surface area contributed by atoms with E-state index in [4.69, 9.17) is 16.3 Å². The number of halogens is 1. The van der Waals surface area contributed by atoms with Crippen LogP contribution in [0.3, 0.4) is 0 Å². The Morgan fingerprint density at radius 2 is 1.73 bits per heavy atom. The van der Waals surface area contributed by atoms with Gasteiger partial charge in [-0.1, -0.05) is 35.9 Å². The number of nitrogens with zero attached hydrogens (tertiary/aromatic N) is 1. The molecule has 0 aliphatic carbocycles. The third-order valence-corrected chi connectivity index (χ3v) is 4.36. The summed E-state index contributed by atoms with van der Waals surface area (Å²) in [4.78, 5) is 25.5. The van der Waals surface area contributed by atoms with Crippen molar-refractivity contribution in [3.8, 4) is 0 Å². The lowest BCUT2D eigenvalue weighted by atomic mass is 10.0. The van der Waals surface area contributed by atoms with Crippen molar-refractivity contribution in [1.82, 2.24) is 10.2 Å². The fraction of sp³-hybridized carbons (Fsp3) is 0.300. The molecule has 0 saturated carbocycles. The molecule has 0 bridgehead atoms. The van der Waals surface area contributed by atoms with Gasteiger partial charge in [0.25, 0.3) is 5.91 Å². The van der Waals surface area contributed by atoms with Crippen molar-refractivity contribution in [2.45, 2.75) is 19.5 Å². The van der Waals surface area contributed by atoms with E-state index in [2.05, 4.69) is 5.32 Å². The van der Waals surface area contributed by atoms with Crippen LogP contribution in [0.1, 0.15) is 34.5 Å². The molecule has 0 aromatic heterocycles. The van der Waals surface area contributed by atoms with Gasteiger partial charge in [-0.05, 0) is 35.4 Å². The molecule has 138 valence electrons. The van der Waals surface area contributed by atoms with Crippen LogP contribution >= 0.6 is 11.6 Å². The summed E-state index contributed by atoms with van der Waals surface area (Å²) >= 11 is 5.95. The summed E-state index contributed by atoms with van der Waals surface area (Å²) in [6.07, 6.45) is 0. The van der Waals surface area contributed by atoms with Gasteiger partial charge in [-0.2, -0.15) is 0 Å². The van der Waals surface area contributed by atoms with E-state index in [0.717, 1.165) is 11.1 Å². The number of nitrogens with one attached hydrogen (secondary N) is 1. The van der Waals surface area contributed by atoms with Crippen LogP contribution in [0.15, 0.2) is 48.5 Å². The molecule has 2 aromatic rings. The van der Waals surface area contributed by atoms with Gasteiger partial charge in [0.05, 0.1) is 12.6 Å². The molecule has 1 N–H and O–H groups in total. The van der Waals surface area contributed by atoms with E-state index in [0.29, 0.717) is 23.7 Å². The van der Waals surface area contributed by atoms with Gasteiger partial charge >= 0.3 is 0 Å². The largest absolute Gasteiger partial charge is 0.382 e. The van der Waals surface area contributed by atoms with E-state index in [-0.39, 0.29) is 17.9 Å². The standard InChI is InChI=1S/C20H23ClN2O3/c1-14(24)22-12-15-4-6-17(7-5-15)20(25)23(2)19(13-26-3)16-8-10-18(21)11-9-16/h4-11,19H,12-13H2,1-3H3,(H,22,24)/t19-/m0/s1. The highest BCUT2D eigenvalue weighted by molar-refractivity contribution is 6.30. The van der Waals surface area contributed by atoms with Gasteiger partial charge in [0.2, 0.25) is 5.91 Å². The quantitative estimate of drug-likeness (QED) is 0.807. The number of rotatable bonds is 7. The molecule has 0 aliphatic heterocycles. The molecule has 0 spiro atoms. The molecule has 0 aliphatic rings. The Morgan fingerprint density at radius 3 is 2.27 bits per heavy atom.